The van der Waals surface area contributed by atoms with Crippen LogP contribution in [0.5, 0.6) is 0 Å². The molecule has 4 nitrogen and oxygen atoms in total. The number of hydrogen-bond donors (Lipinski definition) is 1. The maximum atomic E-state index is 4.52. The van der Waals surface area contributed by atoms with E-state index in [1.54, 1.807) is 0 Å². The van der Waals surface area contributed by atoms with Gasteiger partial charge in [0, 0.05) is 19.6 Å². The second kappa shape index (κ2) is 6.66. The van der Waals surface area contributed by atoms with Crippen LogP contribution in [0.15, 0.2) is 24.0 Å². The molecule has 1 aliphatic rings. The molecule has 0 saturated heterocycles. The molecule has 0 bridgehead atoms. The summed E-state index contributed by atoms with van der Waals surface area (Å²) in [6.07, 6.45) is 7.16. The molecule has 0 fully saturated rings. The highest BCUT2D eigenvalue weighted by molar-refractivity contribution is 5.38. The Kier molecular flexibility index (Phi) is 4.91. The molecule has 0 saturated carbocycles. The highest BCUT2D eigenvalue weighted by Gasteiger charge is 2.11. The number of nitrogens with one attached hydrogen (secondary N) is 1. The Balaban J connectivity index is 1.88. The number of rotatable bonds is 5. The molecule has 0 aliphatic carbocycles. The number of nitrogens with zero attached hydrogens (tertiary/aromatic N) is 3. The van der Waals surface area contributed by atoms with Crippen molar-refractivity contribution >= 4 is 5.82 Å². The number of aromatic nitrogens is 2. The minimum absolute atomic E-state index is 0.663. The molecule has 0 unspecified atom stereocenters. The van der Waals surface area contributed by atoms with E-state index in [4.69, 9.17) is 0 Å². The van der Waals surface area contributed by atoms with Gasteiger partial charge in [-0.05, 0) is 25.8 Å². The van der Waals surface area contributed by atoms with Gasteiger partial charge in [0.15, 0.2) is 0 Å². The van der Waals surface area contributed by atoms with Crippen LogP contribution in [0.3, 0.4) is 0 Å². The van der Waals surface area contributed by atoms with Crippen LogP contribution in [0.1, 0.15) is 32.9 Å². The first kappa shape index (κ1) is 14.0. The fourth-order valence-electron chi connectivity index (χ4n) is 2.07. The van der Waals surface area contributed by atoms with Gasteiger partial charge in [0.25, 0.3) is 0 Å². The van der Waals surface area contributed by atoms with Crippen LogP contribution in [-0.4, -0.2) is 29.6 Å². The molecule has 1 aromatic heterocycles. The van der Waals surface area contributed by atoms with Gasteiger partial charge in [-0.25, -0.2) is 4.98 Å². The molecule has 2 rings (SSSR count). The van der Waals surface area contributed by atoms with Crippen molar-refractivity contribution in [1.82, 2.24) is 15.3 Å². The van der Waals surface area contributed by atoms with Crippen molar-refractivity contribution in [1.29, 1.82) is 0 Å². The van der Waals surface area contributed by atoms with Crippen LogP contribution in [-0.2, 0) is 6.54 Å². The lowest BCUT2D eigenvalue weighted by Gasteiger charge is -2.26. The average Bonchev–Trinajstić information content (AvgIpc) is 2.40. The molecule has 2 heterocycles. The summed E-state index contributed by atoms with van der Waals surface area (Å²) in [5.74, 6) is 1.65. The first-order valence-corrected chi connectivity index (χ1v) is 7.07. The van der Waals surface area contributed by atoms with Crippen LogP contribution >= 0.6 is 0 Å². The van der Waals surface area contributed by atoms with E-state index in [0.29, 0.717) is 5.92 Å². The van der Waals surface area contributed by atoms with E-state index in [2.05, 4.69) is 47.0 Å². The van der Waals surface area contributed by atoms with E-state index in [9.17, 15) is 0 Å². The van der Waals surface area contributed by atoms with Gasteiger partial charge in [-0.3, -0.25) is 4.98 Å². The lowest BCUT2D eigenvalue weighted by molar-refractivity contribution is 0.547. The topological polar surface area (TPSA) is 41.1 Å². The molecule has 0 aromatic carbocycles. The highest BCUT2D eigenvalue weighted by atomic mass is 15.2. The van der Waals surface area contributed by atoms with E-state index in [-0.39, 0.29) is 0 Å². The molecule has 4 heteroatoms. The van der Waals surface area contributed by atoms with E-state index in [1.807, 2.05) is 12.4 Å². The summed E-state index contributed by atoms with van der Waals surface area (Å²) >= 11 is 0. The van der Waals surface area contributed by atoms with E-state index in [0.717, 1.165) is 44.1 Å². The van der Waals surface area contributed by atoms with E-state index in [1.165, 1.54) is 5.57 Å². The Morgan fingerprint density at radius 1 is 1.32 bits per heavy atom. The van der Waals surface area contributed by atoms with Gasteiger partial charge in [0.1, 0.15) is 5.82 Å². The lowest BCUT2D eigenvalue weighted by atomic mass is 10.1. The van der Waals surface area contributed by atoms with Crippen molar-refractivity contribution in [3.8, 4) is 0 Å². The Bertz CT molecular complexity index is 422. The van der Waals surface area contributed by atoms with Gasteiger partial charge in [-0.1, -0.05) is 25.5 Å². The zero-order valence-corrected chi connectivity index (χ0v) is 12.2. The molecule has 0 amide bonds. The second-order valence-corrected chi connectivity index (χ2v) is 5.64. The quantitative estimate of drug-likeness (QED) is 0.825. The minimum atomic E-state index is 0.663. The second-order valence-electron chi connectivity index (χ2n) is 5.64. The van der Waals surface area contributed by atoms with Crippen molar-refractivity contribution in [2.24, 2.45) is 5.92 Å². The fourth-order valence-corrected chi connectivity index (χ4v) is 2.07. The van der Waals surface area contributed by atoms with Crippen LogP contribution in [0, 0.1) is 5.92 Å². The molecule has 1 N–H and O–H groups in total. The molecular weight excluding hydrogens is 236 g/mol. The van der Waals surface area contributed by atoms with Crippen LogP contribution in [0.4, 0.5) is 5.82 Å². The molecular formula is C15H24N4. The summed E-state index contributed by atoms with van der Waals surface area (Å²) in [5, 5.41) is 3.38. The normalized spacial score (nSPS) is 15.8. The largest absolute Gasteiger partial charge is 0.351 e. The predicted molar refractivity (Wildman–Crippen MR) is 79.2 cm³/mol. The SMILES string of the molecule is CC1=CCN(c2cnc(CNCC(C)C)cn2)CC1. The van der Waals surface area contributed by atoms with Crippen molar-refractivity contribution in [3.63, 3.8) is 0 Å². The minimum Gasteiger partial charge on any atom is -0.351 e. The molecule has 1 aromatic rings. The summed E-state index contributed by atoms with van der Waals surface area (Å²) in [6, 6.07) is 0. The average molecular weight is 260 g/mol. The van der Waals surface area contributed by atoms with Gasteiger partial charge < -0.3 is 10.2 Å². The van der Waals surface area contributed by atoms with Crippen molar-refractivity contribution in [2.45, 2.75) is 33.7 Å². The number of hydrogen-bond acceptors (Lipinski definition) is 4. The lowest BCUT2D eigenvalue weighted by Crippen LogP contribution is -2.29. The maximum absolute atomic E-state index is 4.52. The molecule has 0 atom stereocenters. The van der Waals surface area contributed by atoms with Gasteiger partial charge in [0.2, 0.25) is 0 Å². The summed E-state index contributed by atoms with van der Waals surface area (Å²) < 4.78 is 0. The Morgan fingerprint density at radius 2 is 2.16 bits per heavy atom. The van der Waals surface area contributed by atoms with Crippen LogP contribution in [0.25, 0.3) is 0 Å². The fraction of sp³-hybridized carbons (Fsp3) is 0.600. The Hall–Kier alpha value is -1.42. The number of anilines is 1. The summed E-state index contributed by atoms with van der Waals surface area (Å²) in [6.45, 7) is 10.4. The molecule has 104 valence electrons. The Morgan fingerprint density at radius 3 is 2.74 bits per heavy atom. The molecule has 0 radical (unpaired) electrons. The van der Waals surface area contributed by atoms with Gasteiger partial charge >= 0.3 is 0 Å². The van der Waals surface area contributed by atoms with Crippen molar-refractivity contribution in [2.75, 3.05) is 24.5 Å². The zero-order chi connectivity index (χ0) is 13.7. The standard InChI is InChI=1S/C15H24N4/c1-12(2)8-16-9-14-10-18-15(11-17-14)19-6-4-13(3)5-7-19/h4,10-12,16H,5-9H2,1-3H3. The van der Waals surface area contributed by atoms with Gasteiger partial charge in [-0.2, -0.15) is 0 Å². The third kappa shape index (κ3) is 4.31. The maximum Gasteiger partial charge on any atom is 0.147 e. The molecule has 1 aliphatic heterocycles. The first-order valence-electron chi connectivity index (χ1n) is 7.07. The third-order valence-electron chi connectivity index (χ3n) is 3.31. The smallest absolute Gasteiger partial charge is 0.147 e. The molecule has 19 heavy (non-hydrogen) atoms. The monoisotopic (exact) mass is 260 g/mol. The van der Waals surface area contributed by atoms with Crippen LogP contribution in [0.2, 0.25) is 0 Å². The van der Waals surface area contributed by atoms with Crippen LogP contribution < -0.4 is 10.2 Å². The van der Waals surface area contributed by atoms with Gasteiger partial charge in [0.05, 0.1) is 18.1 Å². The van der Waals surface area contributed by atoms with E-state index >= 15 is 0 Å². The molecule has 0 spiro atoms. The third-order valence-corrected chi connectivity index (χ3v) is 3.31. The predicted octanol–water partition coefficient (Wildman–Crippen LogP) is 2.38. The van der Waals surface area contributed by atoms with Crippen molar-refractivity contribution in [3.05, 3.63) is 29.7 Å². The zero-order valence-electron chi connectivity index (χ0n) is 12.2. The summed E-state index contributed by atoms with van der Waals surface area (Å²) in [7, 11) is 0. The summed E-state index contributed by atoms with van der Waals surface area (Å²) in [5.41, 5.74) is 2.48. The highest BCUT2D eigenvalue weighted by Crippen LogP contribution is 2.16. The first-order chi connectivity index (χ1) is 9.15. The van der Waals surface area contributed by atoms with Crippen molar-refractivity contribution < 1.29 is 0 Å². The van der Waals surface area contributed by atoms with E-state index < -0.39 is 0 Å². The Labute approximate surface area is 115 Å². The van der Waals surface area contributed by atoms with Gasteiger partial charge in [-0.15, -0.1) is 0 Å². The summed E-state index contributed by atoms with van der Waals surface area (Å²) in [4.78, 5) is 11.3.